The van der Waals surface area contributed by atoms with Gasteiger partial charge in [-0.2, -0.15) is 9.40 Å². The number of hydrogen-bond donors (Lipinski definition) is 2. The number of nitrogens with zero attached hydrogens (tertiary/aromatic N) is 6. The molecule has 0 saturated heterocycles. The number of fused-ring (bicyclic) bond motifs is 1. The first kappa shape index (κ1) is 25.4. The zero-order chi connectivity index (χ0) is 26.8. The van der Waals surface area contributed by atoms with Crippen molar-refractivity contribution in [2.45, 2.75) is 68.4 Å². The van der Waals surface area contributed by atoms with E-state index in [1.54, 1.807) is 25.0 Å². The number of halogens is 2. The zero-order valence-corrected chi connectivity index (χ0v) is 22.5. The van der Waals surface area contributed by atoms with Crippen molar-refractivity contribution >= 4 is 44.0 Å². The quantitative estimate of drug-likeness (QED) is 0.405. The molecule has 3 aliphatic carbocycles. The van der Waals surface area contributed by atoms with Gasteiger partial charge >= 0.3 is 0 Å². The highest BCUT2D eigenvalue weighted by Gasteiger charge is 2.41. The first-order valence-corrected chi connectivity index (χ1v) is 14.8. The second-order valence-electron chi connectivity index (χ2n) is 10.1. The number of rotatable bonds is 9. The second kappa shape index (κ2) is 9.38. The zero-order valence-electron chi connectivity index (χ0n) is 20.9. The van der Waals surface area contributed by atoms with Crippen LogP contribution < -0.4 is 10.6 Å². The fourth-order valence-corrected chi connectivity index (χ4v) is 8.24. The third-order valence-electron chi connectivity index (χ3n) is 7.40. The van der Waals surface area contributed by atoms with Gasteiger partial charge in [-0.1, -0.05) is 0 Å². The molecule has 11 nitrogen and oxygen atoms in total. The van der Waals surface area contributed by atoms with Crippen LogP contribution in [0.15, 0.2) is 17.3 Å². The standard InChI is InChI=1S/C23H28F2N8O3S2/c1-31-18(10-16(30-31)20(24)25)27-23-29-26-11-33(23)14-7-8-17-15(9-14)19(38(35,36)32(2)13-5-6-13)22(37-17)28-21(34)12-3-4-12/h10-14,20H,3-9H2,1-2H3,(H,27,29)(H,28,34)/t14-/m0/s1. The lowest BCUT2D eigenvalue weighted by molar-refractivity contribution is -0.117. The van der Waals surface area contributed by atoms with Gasteiger partial charge in [-0.15, -0.1) is 21.5 Å². The van der Waals surface area contributed by atoms with Crippen molar-refractivity contribution in [3.05, 3.63) is 28.5 Å². The Labute approximate surface area is 222 Å². The molecule has 1 atom stereocenters. The highest BCUT2D eigenvalue weighted by molar-refractivity contribution is 7.89. The lowest BCUT2D eigenvalue weighted by Crippen LogP contribution is -2.31. The van der Waals surface area contributed by atoms with Crippen molar-refractivity contribution in [1.82, 2.24) is 28.9 Å². The number of anilines is 3. The van der Waals surface area contributed by atoms with Crippen LogP contribution in [-0.2, 0) is 34.7 Å². The Hall–Kier alpha value is -2.91. The molecule has 2 fully saturated rings. The molecule has 0 aromatic carbocycles. The van der Waals surface area contributed by atoms with E-state index in [1.807, 2.05) is 0 Å². The minimum absolute atomic E-state index is 0.0207. The van der Waals surface area contributed by atoms with Crippen LogP contribution in [0.3, 0.4) is 0 Å². The summed E-state index contributed by atoms with van der Waals surface area (Å²) in [6, 6.07) is 1.06. The number of sulfonamides is 1. The molecule has 6 rings (SSSR count). The van der Waals surface area contributed by atoms with Crippen molar-refractivity contribution in [2.24, 2.45) is 13.0 Å². The largest absolute Gasteiger partial charge is 0.316 e. The van der Waals surface area contributed by atoms with E-state index in [0.29, 0.717) is 41.6 Å². The van der Waals surface area contributed by atoms with E-state index in [4.69, 9.17) is 0 Å². The van der Waals surface area contributed by atoms with Crippen LogP contribution in [0.1, 0.15) is 60.7 Å². The molecule has 0 radical (unpaired) electrons. The Morgan fingerprint density at radius 1 is 1.24 bits per heavy atom. The van der Waals surface area contributed by atoms with Crippen LogP contribution in [0, 0.1) is 5.92 Å². The van der Waals surface area contributed by atoms with Gasteiger partial charge in [0.2, 0.25) is 21.9 Å². The number of carbonyl (C=O) groups is 1. The molecule has 3 aromatic heterocycles. The number of aryl methyl sites for hydroxylation is 2. The Bertz CT molecular complexity index is 1490. The van der Waals surface area contributed by atoms with Gasteiger partial charge in [0, 0.05) is 43.0 Å². The molecular formula is C23H28F2N8O3S2. The van der Waals surface area contributed by atoms with Crippen molar-refractivity contribution in [3.8, 4) is 0 Å². The predicted molar refractivity (Wildman–Crippen MR) is 136 cm³/mol. The number of thiophene rings is 1. The molecule has 2 saturated carbocycles. The van der Waals surface area contributed by atoms with Crippen LogP contribution in [0.4, 0.5) is 25.5 Å². The maximum Gasteiger partial charge on any atom is 0.282 e. The second-order valence-corrected chi connectivity index (χ2v) is 13.2. The lowest BCUT2D eigenvalue weighted by Gasteiger charge is -2.26. The van der Waals surface area contributed by atoms with E-state index < -0.39 is 16.4 Å². The molecule has 3 heterocycles. The Kier molecular flexibility index (Phi) is 6.26. The van der Waals surface area contributed by atoms with Gasteiger partial charge in [-0.05, 0) is 50.5 Å². The van der Waals surface area contributed by atoms with Crippen LogP contribution in [0.25, 0.3) is 0 Å². The normalized spacial score (nSPS) is 19.7. The lowest BCUT2D eigenvalue weighted by atomic mass is 9.94. The first-order valence-electron chi connectivity index (χ1n) is 12.6. The Balaban J connectivity index is 1.32. The minimum Gasteiger partial charge on any atom is -0.316 e. The number of alkyl halides is 2. The molecule has 3 aliphatic rings. The summed E-state index contributed by atoms with van der Waals surface area (Å²) in [4.78, 5) is 13.8. The molecule has 2 N–H and O–H groups in total. The van der Waals surface area contributed by atoms with Gasteiger partial charge in [0.25, 0.3) is 6.43 Å². The smallest absolute Gasteiger partial charge is 0.282 e. The summed E-state index contributed by atoms with van der Waals surface area (Å²) < 4.78 is 58.4. The highest BCUT2D eigenvalue weighted by Crippen LogP contribution is 2.46. The van der Waals surface area contributed by atoms with Gasteiger partial charge in [-0.3, -0.25) is 14.0 Å². The van der Waals surface area contributed by atoms with Gasteiger partial charge < -0.3 is 10.6 Å². The molecule has 0 unspecified atom stereocenters. The maximum atomic E-state index is 13.8. The SMILES string of the molecule is CN(C1CC1)S(=O)(=O)c1c(NC(=O)C2CC2)sc2c1C[C@@H](n1cnnc1Nc1cc(C(F)F)nn1C)CC2. The Morgan fingerprint density at radius 3 is 2.66 bits per heavy atom. The molecule has 204 valence electrons. The summed E-state index contributed by atoms with van der Waals surface area (Å²) in [7, 11) is -0.669. The number of nitrogens with one attached hydrogen (secondary N) is 2. The monoisotopic (exact) mass is 566 g/mol. The average Bonchev–Trinajstić information content (AvgIpc) is 3.79. The van der Waals surface area contributed by atoms with E-state index in [9.17, 15) is 22.0 Å². The Morgan fingerprint density at radius 2 is 2.00 bits per heavy atom. The maximum absolute atomic E-state index is 13.8. The fourth-order valence-electron chi connectivity index (χ4n) is 4.90. The van der Waals surface area contributed by atoms with Crippen LogP contribution in [0.2, 0.25) is 0 Å². The summed E-state index contributed by atoms with van der Waals surface area (Å²) in [6.45, 7) is 0. The number of hydrogen-bond acceptors (Lipinski definition) is 8. The van der Waals surface area contributed by atoms with Crippen molar-refractivity contribution < 1.29 is 22.0 Å². The van der Waals surface area contributed by atoms with E-state index in [2.05, 4.69) is 25.9 Å². The van der Waals surface area contributed by atoms with Crippen molar-refractivity contribution in [1.29, 1.82) is 0 Å². The van der Waals surface area contributed by atoms with E-state index in [-0.39, 0.29) is 34.5 Å². The third-order valence-corrected chi connectivity index (χ3v) is 10.8. The van der Waals surface area contributed by atoms with Gasteiger partial charge in [0.1, 0.15) is 27.7 Å². The van der Waals surface area contributed by atoms with E-state index >= 15 is 0 Å². The highest BCUT2D eigenvalue weighted by atomic mass is 32.2. The topological polar surface area (TPSA) is 127 Å². The molecule has 0 aliphatic heterocycles. The van der Waals surface area contributed by atoms with Gasteiger partial charge in [0.15, 0.2) is 0 Å². The molecule has 1 amide bonds. The van der Waals surface area contributed by atoms with Crippen LogP contribution in [0.5, 0.6) is 0 Å². The van der Waals surface area contributed by atoms with Gasteiger partial charge in [0.05, 0.1) is 0 Å². The fraction of sp³-hybridized carbons (Fsp3) is 0.565. The van der Waals surface area contributed by atoms with Gasteiger partial charge in [-0.25, -0.2) is 17.2 Å². The molecular weight excluding hydrogens is 538 g/mol. The first-order chi connectivity index (χ1) is 18.1. The van der Waals surface area contributed by atoms with Crippen LogP contribution in [-0.4, -0.2) is 56.3 Å². The molecule has 0 bridgehead atoms. The third kappa shape index (κ3) is 4.60. The number of carbonyl (C=O) groups excluding carboxylic acids is 1. The van der Waals surface area contributed by atoms with E-state index in [0.717, 1.165) is 30.6 Å². The minimum atomic E-state index is -3.83. The van der Waals surface area contributed by atoms with Crippen LogP contribution >= 0.6 is 11.3 Å². The summed E-state index contributed by atoms with van der Waals surface area (Å²) in [5.74, 6) is 0.498. The number of amides is 1. The summed E-state index contributed by atoms with van der Waals surface area (Å²) in [6.07, 6.45) is 3.86. The molecule has 38 heavy (non-hydrogen) atoms. The molecule has 3 aromatic rings. The number of aromatic nitrogens is 5. The molecule has 15 heteroatoms. The van der Waals surface area contributed by atoms with Crippen molar-refractivity contribution in [3.63, 3.8) is 0 Å². The predicted octanol–water partition coefficient (Wildman–Crippen LogP) is 3.62. The summed E-state index contributed by atoms with van der Waals surface area (Å²) in [5, 5.41) is 18.3. The summed E-state index contributed by atoms with van der Waals surface area (Å²) in [5.41, 5.74) is 0.363. The summed E-state index contributed by atoms with van der Waals surface area (Å²) >= 11 is 1.35. The van der Waals surface area contributed by atoms with Crippen molar-refractivity contribution in [2.75, 3.05) is 17.7 Å². The molecule has 0 spiro atoms. The average molecular weight is 567 g/mol. The van der Waals surface area contributed by atoms with E-state index in [1.165, 1.54) is 26.4 Å².